The highest BCUT2D eigenvalue weighted by atomic mass is 16.5. The molecule has 0 bridgehead atoms. The van der Waals surface area contributed by atoms with E-state index in [2.05, 4.69) is 15.0 Å². The number of methoxy groups -OCH3 is 1. The molecule has 0 aliphatic heterocycles. The summed E-state index contributed by atoms with van der Waals surface area (Å²) >= 11 is 0. The molecule has 0 unspecified atom stereocenters. The van der Waals surface area contributed by atoms with E-state index in [1.165, 1.54) is 0 Å². The van der Waals surface area contributed by atoms with Gasteiger partial charge in [-0.2, -0.15) is 0 Å². The third kappa shape index (κ3) is 2.10. The van der Waals surface area contributed by atoms with Crippen LogP contribution in [0.5, 0.6) is 5.75 Å². The molecule has 0 atom stereocenters. The number of pyridine rings is 1. The van der Waals surface area contributed by atoms with E-state index in [0.717, 1.165) is 17.0 Å². The van der Waals surface area contributed by atoms with Crippen LogP contribution in [0.2, 0.25) is 0 Å². The van der Waals surface area contributed by atoms with Crippen molar-refractivity contribution in [1.29, 1.82) is 0 Å². The van der Waals surface area contributed by atoms with E-state index in [0.29, 0.717) is 0 Å². The Morgan fingerprint density at radius 2 is 2.46 bits per heavy atom. The van der Waals surface area contributed by atoms with E-state index in [1.54, 1.807) is 19.4 Å². The van der Waals surface area contributed by atoms with Gasteiger partial charge in [-0.25, -0.2) is 0 Å². The van der Waals surface area contributed by atoms with Crippen LogP contribution in [0.25, 0.3) is 10.4 Å². The smallest absolute Gasteiger partial charge is 0.125 e. The van der Waals surface area contributed by atoms with Gasteiger partial charge in [-0.05, 0) is 18.5 Å². The van der Waals surface area contributed by atoms with Gasteiger partial charge < -0.3 is 4.74 Å². The van der Waals surface area contributed by atoms with Crippen molar-refractivity contribution in [3.63, 3.8) is 0 Å². The molecule has 1 aromatic rings. The predicted octanol–water partition coefficient (Wildman–Crippen LogP) is 2.21. The van der Waals surface area contributed by atoms with Crippen molar-refractivity contribution in [1.82, 2.24) is 4.98 Å². The zero-order valence-electron chi connectivity index (χ0n) is 7.56. The second kappa shape index (κ2) is 4.33. The minimum absolute atomic E-state index is 0.263. The summed E-state index contributed by atoms with van der Waals surface area (Å²) in [5.74, 6) is 0.762. The van der Waals surface area contributed by atoms with Crippen LogP contribution in [0, 0.1) is 6.92 Å². The summed E-state index contributed by atoms with van der Waals surface area (Å²) in [4.78, 5) is 6.75. The monoisotopic (exact) mass is 178 g/mol. The van der Waals surface area contributed by atoms with Crippen LogP contribution in [-0.4, -0.2) is 12.1 Å². The molecule has 0 fully saturated rings. The fourth-order valence-electron chi connectivity index (χ4n) is 1.04. The van der Waals surface area contributed by atoms with Gasteiger partial charge in [-0.3, -0.25) is 4.98 Å². The quantitative estimate of drug-likeness (QED) is 0.404. The van der Waals surface area contributed by atoms with E-state index in [4.69, 9.17) is 10.3 Å². The summed E-state index contributed by atoms with van der Waals surface area (Å²) < 4.78 is 5.09. The Balaban J connectivity index is 3.00. The van der Waals surface area contributed by atoms with Gasteiger partial charge in [-0.1, -0.05) is 5.11 Å². The average molecular weight is 178 g/mol. The van der Waals surface area contributed by atoms with E-state index in [-0.39, 0.29) is 6.54 Å². The number of azide groups is 1. The van der Waals surface area contributed by atoms with Crippen LogP contribution in [-0.2, 0) is 6.54 Å². The highest BCUT2D eigenvalue weighted by Crippen LogP contribution is 2.19. The van der Waals surface area contributed by atoms with E-state index < -0.39 is 0 Å². The molecule has 0 saturated carbocycles. The van der Waals surface area contributed by atoms with Gasteiger partial charge >= 0.3 is 0 Å². The van der Waals surface area contributed by atoms with Gasteiger partial charge in [0.25, 0.3) is 0 Å². The lowest BCUT2D eigenvalue weighted by molar-refractivity contribution is 0.410. The highest BCUT2D eigenvalue weighted by molar-refractivity contribution is 5.34. The summed E-state index contributed by atoms with van der Waals surface area (Å²) in [6.45, 7) is 2.15. The van der Waals surface area contributed by atoms with Gasteiger partial charge in [0.1, 0.15) is 5.75 Å². The minimum atomic E-state index is 0.263. The molecular weight excluding hydrogens is 168 g/mol. The van der Waals surface area contributed by atoms with Crippen molar-refractivity contribution in [2.45, 2.75) is 13.5 Å². The zero-order valence-corrected chi connectivity index (χ0v) is 7.56. The molecule has 0 spiro atoms. The fraction of sp³-hybridized carbons (Fsp3) is 0.375. The van der Waals surface area contributed by atoms with Crippen LogP contribution in [0.4, 0.5) is 0 Å². The Hall–Kier alpha value is -1.74. The van der Waals surface area contributed by atoms with Crippen LogP contribution in [0.15, 0.2) is 17.4 Å². The van der Waals surface area contributed by atoms with Gasteiger partial charge in [0.2, 0.25) is 0 Å². The van der Waals surface area contributed by atoms with Gasteiger partial charge in [-0.15, -0.1) is 0 Å². The average Bonchev–Trinajstić information content (AvgIpc) is 2.16. The number of hydrogen-bond donors (Lipinski definition) is 0. The molecule has 0 radical (unpaired) electrons. The SMILES string of the molecule is COc1ccnc(CN=[N+]=[N-])c1C. The molecule has 0 aliphatic carbocycles. The first kappa shape index (κ1) is 9.35. The molecule has 13 heavy (non-hydrogen) atoms. The number of rotatable bonds is 3. The van der Waals surface area contributed by atoms with Crippen LogP contribution in [0.3, 0.4) is 0 Å². The second-order valence-electron chi connectivity index (χ2n) is 2.47. The lowest BCUT2D eigenvalue weighted by Crippen LogP contribution is -1.95. The van der Waals surface area contributed by atoms with Crippen molar-refractivity contribution < 1.29 is 4.74 Å². The molecule has 1 heterocycles. The van der Waals surface area contributed by atoms with Gasteiger partial charge in [0, 0.05) is 16.7 Å². The molecule has 5 nitrogen and oxygen atoms in total. The Morgan fingerprint density at radius 1 is 1.69 bits per heavy atom. The van der Waals surface area contributed by atoms with Crippen LogP contribution < -0.4 is 4.74 Å². The Bertz CT molecular complexity index is 344. The number of nitrogens with zero attached hydrogens (tertiary/aromatic N) is 4. The molecular formula is C8H10N4O. The Labute approximate surface area is 76.0 Å². The van der Waals surface area contributed by atoms with Gasteiger partial charge in [0.15, 0.2) is 0 Å². The van der Waals surface area contributed by atoms with Crippen molar-refractivity contribution in [2.24, 2.45) is 5.11 Å². The topological polar surface area (TPSA) is 70.9 Å². The van der Waals surface area contributed by atoms with Crippen molar-refractivity contribution >= 4 is 0 Å². The Kier molecular flexibility index (Phi) is 3.11. The van der Waals surface area contributed by atoms with Gasteiger partial charge in [0.05, 0.1) is 19.3 Å². The Morgan fingerprint density at radius 3 is 3.08 bits per heavy atom. The molecule has 1 aromatic heterocycles. The summed E-state index contributed by atoms with van der Waals surface area (Å²) in [5.41, 5.74) is 9.81. The molecule has 68 valence electrons. The third-order valence-corrected chi connectivity index (χ3v) is 1.76. The molecule has 1 rings (SSSR count). The molecule has 0 aliphatic rings. The largest absolute Gasteiger partial charge is 0.496 e. The third-order valence-electron chi connectivity index (χ3n) is 1.76. The zero-order chi connectivity index (χ0) is 9.68. The van der Waals surface area contributed by atoms with Crippen molar-refractivity contribution in [3.05, 3.63) is 34.0 Å². The normalized spacial score (nSPS) is 9.08. The van der Waals surface area contributed by atoms with Crippen molar-refractivity contribution in [2.75, 3.05) is 7.11 Å². The van der Waals surface area contributed by atoms with E-state index in [9.17, 15) is 0 Å². The van der Waals surface area contributed by atoms with E-state index in [1.807, 2.05) is 6.92 Å². The van der Waals surface area contributed by atoms with E-state index >= 15 is 0 Å². The highest BCUT2D eigenvalue weighted by Gasteiger charge is 2.03. The summed E-state index contributed by atoms with van der Waals surface area (Å²) in [7, 11) is 1.60. The fourth-order valence-corrected chi connectivity index (χ4v) is 1.04. The molecule has 0 saturated heterocycles. The summed E-state index contributed by atoms with van der Waals surface area (Å²) in [6, 6.07) is 1.77. The summed E-state index contributed by atoms with van der Waals surface area (Å²) in [5, 5.41) is 3.44. The minimum Gasteiger partial charge on any atom is -0.496 e. The maximum absolute atomic E-state index is 8.14. The number of aromatic nitrogens is 1. The summed E-state index contributed by atoms with van der Waals surface area (Å²) in [6.07, 6.45) is 1.63. The van der Waals surface area contributed by atoms with Crippen LogP contribution >= 0.6 is 0 Å². The maximum atomic E-state index is 8.14. The van der Waals surface area contributed by atoms with Crippen molar-refractivity contribution in [3.8, 4) is 5.75 Å². The standard InChI is InChI=1S/C8H10N4O/c1-6-7(5-11-12-9)10-4-3-8(6)13-2/h3-4H,5H2,1-2H3. The van der Waals surface area contributed by atoms with Crippen LogP contribution in [0.1, 0.15) is 11.3 Å². The predicted molar refractivity (Wildman–Crippen MR) is 48.4 cm³/mol. The number of ether oxygens (including phenoxy) is 1. The maximum Gasteiger partial charge on any atom is 0.125 e. The lowest BCUT2D eigenvalue weighted by atomic mass is 10.2. The first-order chi connectivity index (χ1) is 6.29. The molecule has 0 aromatic carbocycles. The lowest BCUT2D eigenvalue weighted by Gasteiger charge is -2.06. The first-order valence-corrected chi connectivity index (χ1v) is 3.79. The first-order valence-electron chi connectivity index (χ1n) is 3.79. The molecule has 0 N–H and O–H groups in total. The number of hydrogen-bond acceptors (Lipinski definition) is 3. The molecule has 5 heteroatoms. The second-order valence-corrected chi connectivity index (χ2v) is 2.47. The molecule has 0 amide bonds.